The molecular formula is C20H22FN5O3. The Bertz CT molecular complexity index is 1080. The number of nitrogen functional groups attached to an aromatic ring is 1. The van der Waals surface area contributed by atoms with Gasteiger partial charge in [-0.05, 0) is 24.3 Å². The molecule has 0 saturated carbocycles. The Balaban J connectivity index is 0.00000240. The number of aromatic nitrogens is 2. The molecule has 152 valence electrons. The summed E-state index contributed by atoms with van der Waals surface area (Å²) in [5, 5.41) is 2.60. The predicted octanol–water partition coefficient (Wildman–Crippen LogP) is 2.82. The zero-order valence-electron chi connectivity index (χ0n) is 15.1. The van der Waals surface area contributed by atoms with E-state index >= 15 is 0 Å². The van der Waals surface area contributed by atoms with Gasteiger partial charge in [0.2, 0.25) is 5.91 Å². The molecule has 2 amide bonds. The molecule has 1 fully saturated rings. The van der Waals surface area contributed by atoms with Crippen molar-refractivity contribution in [2.75, 3.05) is 23.7 Å². The first kappa shape index (κ1) is 20.1. The lowest BCUT2D eigenvalue weighted by atomic mass is 10.1. The average molecular weight is 399 g/mol. The van der Waals surface area contributed by atoms with Crippen LogP contribution < -0.4 is 16.0 Å². The van der Waals surface area contributed by atoms with Crippen LogP contribution in [0.3, 0.4) is 0 Å². The van der Waals surface area contributed by atoms with Crippen molar-refractivity contribution in [3.05, 3.63) is 48.7 Å². The van der Waals surface area contributed by atoms with Crippen LogP contribution in [0.5, 0.6) is 0 Å². The van der Waals surface area contributed by atoms with Gasteiger partial charge in [0.1, 0.15) is 11.9 Å². The van der Waals surface area contributed by atoms with Crippen LogP contribution in [0.4, 0.5) is 20.6 Å². The van der Waals surface area contributed by atoms with Gasteiger partial charge >= 0.3 is 6.09 Å². The molecule has 1 atom stereocenters. The summed E-state index contributed by atoms with van der Waals surface area (Å²) in [6.07, 6.45) is 4.03. The molecule has 1 aromatic carbocycles. The van der Waals surface area contributed by atoms with Gasteiger partial charge in [0.25, 0.3) is 0 Å². The quantitative estimate of drug-likeness (QED) is 0.702. The van der Waals surface area contributed by atoms with Crippen LogP contribution in [-0.2, 0) is 9.53 Å². The molecule has 3 heterocycles. The lowest BCUT2D eigenvalue weighted by Gasteiger charge is -2.15. The van der Waals surface area contributed by atoms with E-state index in [1.54, 1.807) is 41.2 Å². The molecule has 4 rings (SSSR count). The maximum Gasteiger partial charge on any atom is 0.414 e. The summed E-state index contributed by atoms with van der Waals surface area (Å²) >= 11 is 0. The summed E-state index contributed by atoms with van der Waals surface area (Å²) in [5.74, 6) is -0.700. The summed E-state index contributed by atoms with van der Waals surface area (Å²) in [6.45, 7) is 1.82. The second-order valence-corrected chi connectivity index (χ2v) is 6.56. The summed E-state index contributed by atoms with van der Waals surface area (Å²) < 4.78 is 21.8. The Hall–Kier alpha value is -3.62. The zero-order chi connectivity index (χ0) is 19.8. The number of amides is 2. The molecule has 0 bridgehead atoms. The van der Waals surface area contributed by atoms with E-state index in [2.05, 4.69) is 10.3 Å². The molecule has 3 aromatic rings. The molecule has 9 heteroatoms. The molecule has 3 N–H and O–H groups in total. The minimum atomic E-state index is -0.577. The SMILES string of the molecule is C.CC(=O)NC[C@H]1CN(c2ccc(-c3cc(N)c4nccn4c3)c(F)c2)C(=O)O1. The van der Waals surface area contributed by atoms with E-state index in [1.165, 1.54) is 17.9 Å². The smallest absolute Gasteiger partial charge is 0.414 e. The molecule has 1 aliphatic rings. The molecule has 8 nitrogen and oxygen atoms in total. The Morgan fingerprint density at radius 3 is 2.93 bits per heavy atom. The molecule has 0 aliphatic carbocycles. The van der Waals surface area contributed by atoms with E-state index in [0.29, 0.717) is 28.1 Å². The van der Waals surface area contributed by atoms with Crippen LogP contribution in [-0.4, -0.2) is 40.6 Å². The van der Waals surface area contributed by atoms with E-state index in [1.807, 2.05) is 0 Å². The van der Waals surface area contributed by atoms with Crippen molar-refractivity contribution in [3.8, 4) is 11.1 Å². The highest BCUT2D eigenvalue weighted by molar-refractivity contribution is 5.90. The van der Waals surface area contributed by atoms with Gasteiger partial charge in [0.05, 0.1) is 24.5 Å². The van der Waals surface area contributed by atoms with Crippen LogP contribution in [0.2, 0.25) is 0 Å². The monoisotopic (exact) mass is 399 g/mol. The lowest BCUT2D eigenvalue weighted by molar-refractivity contribution is -0.119. The number of carbonyl (C=O) groups is 2. The van der Waals surface area contributed by atoms with Crippen molar-refractivity contribution in [1.29, 1.82) is 0 Å². The number of nitrogens with one attached hydrogen (secondary N) is 1. The maximum absolute atomic E-state index is 14.8. The highest BCUT2D eigenvalue weighted by atomic mass is 19.1. The zero-order valence-corrected chi connectivity index (χ0v) is 15.1. The highest BCUT2D eigenvalue weighted by Gasteiger charge is 2.32. The van der Waals surface area contributed by atoms with Crippen molar-refractivity contribution in [2.45, 2.75) is 20.5 Å². The largest absolute Gasteiger partial charge is 0.442 e. The number of fused-ring (bicyclic) bond motifs is 1. The van der Waals surface area contributed by atoms with Gasteiger partial charge in [-0.3, -0.25) is 9.69 Å². The van der Waals surface area contributed by atoms with Crippen molar-refractivity contribution in [2.24, 2.45) is 0 Å². The van der Waals surface area contributed by atoms with Gasteiger partial charge in [-0.25, -0.2) is 14.2 Å². The summed E-state index contributed by atoms with van der Waals surface area (Å²) in [7, 11) is 0. The van der Waals surface area contributed by atoms with E-state index < -0.39 is 18.0 Å². The number of cyclic esters (lactones) is 1. The van der Waals surface area contributed by atoms with Crippen LogP contribution in [0.15, 0.2) is 42.9 Å². The normalized spacial score (nSPS) is 15.9. The summed E-state index contributed by atoms with van der Waals surface area (Å²) in [4.78, 5) is 28.6. The number of hydrogen-bond donors (Lipinski definition) is 2. The number of nitrogens with two attached hydrogens (primary N) is 1. The number of halogens is 1. The van der Waals surface area contributed by atoms with E-state index in [4.69, 9.17) is 10.5 Å². The minimum Gasteiger partial charge on any atom is -0.442 e. The average Bonchev–Trinajstić information content (AvgIpc) is 3.26. The Morgan fingerprint density at radius 2 is 2.21 bits per heavy atom. The molecule has 1 aliphatic heterocycles. The van der Waals surface area contributed by atoms with E-state index in [9.17, 15) is 14.0 Å². The van der Waals surface area contributed by atoms with Crippen LogP contribution in [0, 0.1) is 5.82 Å². The number of anilines is 2. The van der Waals surface area contributed by atoms with Gasteiger partial charge in [-0.1, -0.05) is 7.43 Å². The van der Waals surface area contributed by atoms with E-state index in [0.717, 1.165) is 0 Å². The molecular weight excluding hydrogens is 377 g/mol. The molecule has 1 saturated heterocycles. The second-order valence-electron chi connectivity index (χ2n) is 6.56. The third-order valence-electron chi connectivity index (χ3n) is 4.54. The van der Waals surface area contributed by atoms with Gasteiger partial charge in [0, 0.05) is 36.6 Å². The van der Waals surface area contributed by atoms with Crippen molar-refractivity contribution in [1.82, 2.24) is 14.7 Å². The fourth-order valence-electron chi connectivity index (χ4n) is 3.21. The molecule has 29 heavy (non-hydrogen) atoms. The molecule has 2 aromatic heterocycles. The van der Waals surface area contributed by atoms with Gasteiger partial charge in [-0.15, -0.1) is 0 Å². The van der Waals surface area contributed by atoms with Crippen molar-refractivity contribution < 1.29 is 18.7 Å². The Kier molecular flexibility index (Phi) is 5.40. The standard InChI is InChI=1S/C19H18FN5O3.CH4/c1-11(26)23-8-14-10-25(19(27)28-14)13-2-3-15(16(20)7-13)12-6-17(21)18-22-4-5-24(18)9-12;/h2-7,9,14H,8,10,21H2,1H3,(H,23,26);1H4/t14-;/m0./s1. The van der Waals surface area contributed by atoms with E-state index in [-0.39, 0.29) is 26.4 Å². The first-order chi connectivity index (χ1) is 13.4. The third kappa shape index (κ3) is 3.84. The number of imidazole rings is 1. The topological polar surface area (TPSA) is 102 Å². The number of ether oxygens (including phenoxy) is 1. The number of carbonyl (C=O) groups excluding carboxylic acids is 2. The Labute approximate surface area is 167 Å². The van der Waals surface area contributed by atoms with Gasteiger partial charge in [0.15, 0.2) is 5.65 Å². The number of pyridine rings is 1. The maximum atomic E-state index is 14.8. The minimum absolute atomic E-state index is 0. The number of rotatable bonds is 4. The fourth-order valence-corrected chi connectivity index (χ4v) is 3.21. The fraction of sp³-hybridized carbons (Fsp3) is 0.250. The predicted molar refractivity (Wildman–Crippen MR) is 108 cm³/mol. The van der Waals surface area contributed by atoms with Crippen molar-refractivity contribution in [3.63, 3.8) is 0 Å². The third-order valence-corrected chi connectivity index (χ3v) is 4.54. The van der Waals surface area contributed by atoms with Gasteiger partial charge in [-0.2, -0.15) is 0 Å². The lowest BCUT2D eigenvalue weighted by Crippen LogP contribution is -2.33. The first-order valence-electron chi connectivity index (χ1n) is 8.67. The van der Waals surface area contributed by atoms with Crippen LogP contribution in [0.1, 0.15) is 14.4 Å². The molecule has 0 unspecified atom stereocenters. The number of benzene rings is 1. The van der Waals surface area contributed by atoms with Crippen LogP contribution >= 0.6 is 0 Å². The highest BCUT2D eigenvalue weighted by Crippen LogP contribution is 2.30. The Morgan fingerprint density at radius 1 is 1.41 bits per heavy atom. The van der Waals surface area contributed by atoms with Crippen molar-refractivity contribution >= 4 is 29.0 Å². The number of nitrogens with zero attached hydrogens (tertiary/aromatic N) is 3. The van der Waals surface area contributed by atoms with Crippen LogP contribution in [0.25, 0.3) is 16.8 Å². The van der Waals surface area contributed by atoms with Gasteiger partial charge < -0.3 is 20.2 Å². The molecule has 0 spiro atoms. The molecule has 0 radical (unpaired) electrons. The second kappa shape index (κ2) is 7.78. The summed E-state index contributed by atoms with van der Waals surface area (Å²) in [5.41, 5.74) is 8.37. The number of hydrogen-bond acceptors (Lipinski definition) is 5. The first-order valence-corrected chi connectivity index (χ1v) is 8.67. The summed E-state index contributed by atoms with van der Waals surface area (Å²) in [6, 6.07) is 6.19.